The molecule has 3 aromatic rings. The molecular weight excluding hydrogens is 440 g/mol. The minimum Gasteiger partial charge on any atom is -0.326 e. The molecule has 1 atom stereocenters. The summed E-state index contributed by atoms with van der Waals surface area (Å²) in [6.07, 6.45) is 0.466. The highest BCUT2D eigenvalue weighted by molar-refractivity contribution is 7.91. The monoisotopic (exact) mass is 466 g/mol. The van der Waals surface area contributed by atoms with Crippen LogP contribution >= 0.6 is 0 Å². The van der Waals surface area contributed by atoms with Crippen LogP contribution in [0.25, 0.3) is 11.3 Å². The van der Waals surface area contributed by atoms with Gasteiger partial charge in [-0.1, -0.05) is 12.1 Å². The first-order chi connectivity index (χ1) is 15.6. The lowest BCUT2D eigenvalue weighted by molar-refractivity contribution is -0.114. The number of aromatic nitrogens is 2. The largest absolute Gasteiger partial charge is 0.326 e. The Kier molecular flexibility index (Phi) is 6.07. The number of nitrogens with zero attached hydrogens (tertiary/aromatic N) is 2. The Bertz CT molecular complexity index is 1330. The fourth-order valence-electron chi connectivity index (χ4n) is 3.90. The lowest BCUT2D eigenvalue weighted by Gasteiger charge is -2.14. The highest BCUT2D eigenvalue weighted by Gasteiger charge is 2.32. The van der Waals surface area contributed by atoms with Crippen molar-refractivity contribution in [1.29, 1.82) is 0 Å². The Morgan fingerprint density at radius 1 is 0.970 bits per heavy atom. The van der Waals surface area contributed by atoms with Gasteiger partial charge in [0.25, 0.3) is 5.91 Å². The molecule has 0 spiro atoms. The van der Waals surface area contributed by atoms with E-state index in [0.29, 0.717) is 23.5 Å². The third-order valence-electron chi connectivity index (χ3n) is 5.79. The van der Waals surface area contributed by atoms with Gasteiger partial charge in [-0.05, 0) is 67.8 Å². The molecule has 2 aromatic carbocycles. The number of sulfone groups is 1. The molecule has 0 saturated carbocycles. The molecule has 1 aliphatic rings. The van der Waals surface area contributed by atoms with Gasteiger partial charge in [0.1, 0.15) is 0 Å². The zero-order chi connectivity index (χ0) is 23.8. The lowest BCUT2D eigenvalue weighted by Crippen LogP contribution is -2.16. The van der Waals surface area contributed by atoms with Gasteiger partial charge in [-0.2, -0.15) is 5.10 Å². The van der Waals surface area contributed by atoms with Crippen molar-refractivity contribution in [2.24, 2.45) is 0 Å². The average Bonchev–Trinajstić information content (AvgIpc) is 3.34. The fraction of sp³-hybridized carbons (Fsp3) is 0.292. The molecule has 1 aromatic heterocycles. The summed E-state index contributed by atoms with van der Waals surface area (Å²) in [6.45, 7) is 5.46. The van der Waals surface area contributed by atoms with Gasteiger partial charge in [0.15, 0.2) is 15.5 Å². The van der Waals surface area contributed by atoms with Crippen LogP contribution in [0.4, 0.5) is 11.4 Å². The van der Waals surface area contributed by atoms with Crippen molar-refractivity contribution < 1.29 is 18.0 Å². The molecule has 2 heterocycles. The molecule has 4 rings (SSSR count). The van der Waals surface area contributed by atoms with Gasteiger partial charge in [-0.3, -0.25) is 14.3 Å². The minimum absolute atomic E-state index is 0.0121. The number of hydrogen-bond donors (Lipinski definition) is 2. The summed E-state index contributed by atoms with van der Waals surface area (Å²) in [7, 11) is -3.12. The molecule has 0 bridgehead atoms. The zero-order valence-corrected chi connectivity index (χ0v) is 19.6. The highest BCUT2D eigenvalue weighted by atomic mass is 32.2. The summed E-state index contributed by atoms with van der Waals surface area (Å²) < 4.78 is 25.9. The molecule has 33 heavy (non-hydrogen) atoms. The summed E-state index contributed by atoms with van der Waals surface area (Å²) in [5, 5.41) is 10.0. The third kappa shape index (κ3) is 5.14. The van der Waals surface area contributed by atoms with Crippen LogP contribution in [0.15, 0.2) is 48.5 Å². The maximum absolute atomic E-state index is 13.0. The van der Waals surface area contributed by atoms with Gasteiger partial charge >= 0.3 is 0 Å². The van der Waals surface area contributed by atoms with Crippen LogP contribution in [0.2, 0.25) is 0 Å². The van der Waals surface area contributed by atoms with E-state index >= 15 is 0 Å². The summed E-state index contributed by atoms with van der Waals surface area (Å²) in [5.74, 6) is -0.443. The number of anilines is 2. The van der Waals surface area contributed by atoms with Crippen molar-refractivity contribution in [2.75, 3.05) is 22.1 Å². The average molecular weight is 467 g/mol. The van der Waals surface area contributed by atoms with Crippen LogP contribution < -0.4 is 10.6 Å². The molecule has 0 aliphatic carbocycles. The topological polar surface area (TPSA) is 110 Å². The number of carbonyl (C=O) groups is 2. The molecule has 0 radical (unpaired) electrons. The SMILES string of the molecule is CC(=O)Nc1ccc(NC(=O)c2cc(-c3ccc(C)c(C)c3)n(C3CCS(=O)(=O)C3)n2)cc1. The number of carbonyl (C=O) groups excluding carboxylic acids is 2. The van der Waals surface area contributed by atoms with E-state index in [0.717, 1.165) is 16.7 Å². The number of nitrogens with one attached hydrogen (secondary N) is 2. The summed E-state index contributed by atoms with van der Waals surface area (Å²) in [6, 6.07) is 14.1. The van der Waals surface area contributed by atoms with Crippen LogP contribution in [0, 0.1) is 13.8 Å². The van der Waals surface area contributed by atoms with E-state index in [1.54, 1.807) is 35.0 Å². The van der Waals surface area contributed by atoms with Gasteiger partial charge < -0.3 is 10.6 Å². The van der Waals surface area contributed by atoms with Crippen LogP contribution in [0.3, 0.4) is 0 Å². The quantitative estimate of drug-likeness (QED) is 0.595. The predicted octanol–water partition coefficient (Wildman–Crippen LogP) is 3.74. The van der Waals surface area contributed by atoms with Crippen molar-refractivity contribution in [2.45, 2.75) is 33.2 Å². The maximum atomic E-state index is 13.0. The molecule has 9 heteroatoms. The maximum Gasteiger partial charge on any atom is 0.276 e. The molecule has 1 aliphatic heterocycles. The van der Waals surface area contributed by atoms with E-state index in [1.165, 1.54) is 6.92 Å². The Labute approximate surface area is 192 Å². The number of rotatable bonds is 5. The van der Waals surface area contributed by atoms with E-state index in [2.05, 4.69) is 15.7 Å². The Morgan fingerprint density at radius 3 is 2.21 bits per heavy atom. The van der Waals surface area contributed by atoms with Crippen LogP contribution in [-0.4, -0.2) is 41.5 Å². The molecular formula is C24H26N4O4S. The predicted molar refractivity (Wildman–Crippen MR) is 128 cm³/mol. The number of aryl methyl sites for hydroxylation is 2. The van der Waals surface area contributed by atoms with Gasteiger partial charge in [0, 0.05) is 23.9 Å². The third-order valence-corrected chi connectivity index (χ3v) is 7.54. The second kappa shape index (κ2) is 8.82. The van der Waals surface area contributed by atoms with Gasteiger partial charge in [0.05, 0.1) is 23.2 Å². The van der Waals surface area contributed by atoms with Crippen molar-refractivity contribution in [3.63, 3.8) is 0 Å². The molecule has 8 nitrogen and oxygen atoms in total. The highest BCUT2D eigenvalue weighted by Crippen LogP contribution is 2.31. The van der Waals surface area contributed by atoms with Crippen molar-refractivity contribution in [1.82, 2.24) is 9.78 Å². The minimum atomic E-state index is -3.12. The van der Waals surface area contributed by atoms with Crippen molar-refractivity contribution in [3.8, 4) is 11.3 Å². The van der Waals surface area contributed by atoms with Crippen molar-refractivity contribution in [3.05, 3.63) is 65.4 Å². The van der Waals surface area contributed by atoms with Crippen LogP contribution in [0.5, 0.6) is 0 Å². The van der Waals surface area contributed by atoms with Gasteiger partial charge in [0.2, 0.25) is 5.91 Å². The number of benzene rings is 2. The molecule has 2 N–H and O–H groups in total. The fourth-order valence-corrected chi connectivity index (χ4v) is 5.60. The first-order valence-electron chi connectivity index (χ1n) is 10.7. The smallest absolute Gasteiger partial charge is 0.276 e. The van der Waals surface area contributed by atoms with E-state index in [9.17, 15) is 18.0 Å². The molecule has 1 saturated heterocycles. The molecule has 172 valence electrons. The first kappa shape index (κ1) is 22.7. The first-order valence-corrected chi connectivity index (χ1v) is 12.5. The van der Waals surface area contributed by atoms with Crippen LogP contribution in [-0.2, 0) is 14.6 Å². The van der Waals surface area contributed by atoms with Gasteiger partial charge in [-0.15, -0.1) is 0 Å². The summed E-state index contributed by atoms with van der Waals surface area (Å²) in [4.78, 5) is 24.1. The van der Waals surface area contributed by atoms with Crippen LogP contribution in [0.1, 0.15) is 41.0 Å². The summed E-state index contributed by atoms with van der Waals surface area (Å²) in [5.41, 5.74) is 5.24. The van der Waals surface area contributed by atoms with E-state index < -0.39 is 15.7 Å². The Morgan fingerprint density at radius 2 is 1.64 bits per heavy atom. The second-order valence-corrected chi connectivity index (χ2v) is 10.7. The van der Waals surface area contributed by atoms with E-state index in [1.807, 2.05) is 32.0 Å². The Balaban J connectivity index is 1.65. The van der Waals surface area contributed by atoms with Gasteiger partial charge in [-0.25, -0.2) is 8.42 Å². The number of amides is 2. The molecule has 1 fully saturated rings. The number of hydrogen-bond acceptors (Lipinski definition) is 5. The standard InChI is InChI=1S/C24H26N4O4S/c1-15-4-5-18(12-16(15)2)23-13-22(27-28(23)21-10-11-33(31,32)14-21)24(30)26-20-8-6-19(7-9-20)25-17(3)29/h4-9,12-13,21H,10-11,14H2,1-3H3,(H,25,29)(H,26,30). The van der Waals surface area contributed by atoms with E-state index in [4.69, 9.17) is 0 Å². The summed E-state index contributed by atoms with van der Waals surface area (Å²) >= 11 is 0. The normalized spacial score (nSPS) is 17.0. The second-order valence-electron chi connectivity index (χ2n) is 8.43. The molecule has 1 unspecified atom stereocenters. The zero-order valence-electron chi connectivity index (χ0n) is 18.8. The van der Waals surface area contributed by atoms with Crippen molar-refractivity contribution >= 4 is 33.0 Å². The Hall–Kier alpha value is -3.46. The lowest BCUT2D eigenvalue weighted by atomic mass is 10.0. The van der Waals surface area contributed by atoms with E-state index in [-0.39, 0.29) is 29.1 Å². The molecule has 2 amide bonds.